The van der Waals surface area contributed by atoms with Crippen molar-refractivity contribution >= 4 is 5.97 Å². The van der Waals surface area contributed by atoms with Gasteiger partial charge in [-0.15, -0.1) is 0 Å². The molecule has 4 heterocycles. The zero-order valence-corrected chi connectivity index (χ0v) is 11.3. The van der Waals surface area contributed by atoms with Crippen LogP contribution in [0, 0.1) is 0 Å². The molecular weight excluding hydrogens is 256 g/mol. The van der Waals surface area contributed by atoms with E-state index in [1.807, 2.05) is 0 Å². The third-order valence-corrected chi connectivity index (χ3v) is 4.61. The van der Waals surface area contributed by atoms with Crippen molar-refractivity contribution in [3.05, 3.63) is 23.3 Å². The number of fused-ring (bicyclic) bond motifs is 3. The first-order valence-electron chi connectivity index (χ1n) is 7.29. The van der Waals surface area contributed by atoms with Gasteiger partial charge >= 0.3 is 5.97 Å². The van der Waals surface area contributed by atoms with Gasteiger partial charge in [-0.3, -0.25) is 9.80 Å². The van der Waals surface area contributed by atoms with E-state index in [2.05, 4.69) is 19.8 Å². The van der Waals surface area contributed by atoms with Crippen LogP contribution in [-0.4, -0.2) is 63.6 Å². The molecule has 1 aromatic heterocycles. The zero-order chi connectivity index (χ0) is 13.7. The molecule has 0 spiro atoms. The molecule has 1 atom stereocenters. The van der Waals surface area contributed by atoms with Gasteiger partial charge in [0.1, 0.15) is 5.82 Å². The van der Waals surface area contributed by atoms with Gasteiger partial charge in [0.15, 0.2) is 0 Å². The molecule has 1 saturated carbocycles. The predicted molar refractivity (Wildman–Crippen MR) is 71.7 cm³/mol. The van der Waals surface area contributed by atoms with Gasteiger partial charge in [0.25, 0.3) is 0 Å². The molecule has 2 bridgehead atoms. The number of rotatable bonds is 3. The molecule has 5 rings (SSSR count). The molecule has 3 aliphatic heterocycles. The van der Waals surface area contributed by atoms with Gasteiger partial charge in [0.05, 0.1) is 17.3 Å². The topological polar surface area (TPSA) is 69.6 Å². The summed E-state index contributed by atoms with van der Waals surface area (Å²) in [6.07, 6.45) is 3.62. The molecule has 4 aliphatic rings. The minimum atomic E-state index is -0.910. The van der Waals surface area contributed by atoms with Crippen molar-refractivity contribution in [2.24, 2.45) is 0 Å². The minimum absolute atomic E-state index is 0.234. The number of carbonyl (C=O) groups is 1. The fraction of sp³-hybridized carbons (Fsp3) is 0.643. The van der Waals surface area contributed by atoms with Crippen LogP contribution in [0.25, 0.3) is 0 Å². The molecule has 3 saturated heterocycles. The van der Waals surface area contributed by atoms with Crippen molar-refractivity contribution in [2.75, 3.05) is 32.7 Å². The fourth-order valence-electron chi connectivity index (χ4n) is 3.27. The van der Waals surface area contributed by atoms with Gasteiger partial charge in [-0.2, -0.15) is 0 Å². The first-order chi connectivity index (χ1) is 9.72. The van der Waals surface area contributed by atoms with Crippen LogP contribution in [0.1, 0.15) is 46.7 Å². The van der Waals surface area contributed by atoms with E-state index in [-0.39, 0.29) is 11.6 Å². The molecule has 0 aromatic carbocycles. The average molecular weight is 274 g/mol. The van der Waals surface area contributed by atoms with Crippen molar-refractivity contribution in [3.8, 4) is 0 Å². The lowest BCUT2D eigenvalue weighted by atomic mass is 10.1. The number of hydrogen-bond donors (Lipinski definition) is 1. The molecule has 106 valence electrons. The SMILES string of the molecule is O=C(O)c1cnc(C2CN3CCN2CC3)nc1C1CC1. The van der Waals surface area contributed by atoms with Crippen molar-refractivity contribution < 1.29 is 9.90 Å². The van der Waals surface area contributed by atoms with Crippen LogP contribution < -0.4 is 0 Å². The second-order valence-electron chi connectivity index (χ2n) is 5.96. The van der Waals surface area contributed by atoms with Crippen molar-refractivity contribution in [3.63, 3.8) is 0 Å². The maximum absolute atomic E-state index is 11.3. The number of carboxylic acids is 1. The lowest BCUT2D eigenvalue weighted by Gasteiger charge is -2.46. The molecule has 1 N–H and O–H groups in total. The second kappa shape index (κ2) is 4.49. The van der Waals surface area contributed by atoms with E-state index in [1.165, 1.54) is 6.20 Å². The average Bonchev–Trinajstić information content (AvgIpc) is 3.32. The van der Waals surface area contributed by atoms with E-state index in [0.717, 1.165) is 57.1 Å². The second-order valence-corrected chi connectivity index (χ2v) is 5.96. The number of hydrogen-bond acceptors (Lipinski definition) is 5. The number of piperazine rings is 3. The van der Waals surface area contributed by atoms with E-state index in [0.29, 0.717) is 5.92 Å². The Morgan fingerprint density at radius 3 is 2.55 bits per heavy atom. The molecule has 0 amide bonds. The summed E-state index contributed by atoms with van der Waals surface area (Å²) in [6.45, 7) is 5.34. The van der Waals surface area contributed by atoms with Gasteiger partial charge in [0.2, 0.25) is 0 Å². The summed E-state index contributed by atoms with van der Waals surface area (Å²) >= 11 is 0. The van der Waals surface area contributed by atoms with Gasteiger partial charge in [-0.1, -0.05) is 0 Å². The van der Waals surface area contributed by atoms with Gasteiger partial charge in [-0.25, -0.2) is 14.8 Å². The molecular formula is C14H18N4O2. The summed E-state index contributed by atoms with van der Waals surface area (Å²) in [6, 6.07) is 0.234. The molecule has 0 radical (unpaired) electrons. The van der Waals surface area contributed by atoms with Gasteiger partial charge in [0, 0.05) is 44.8 Å². The summed E-state index contributed by atoms with van der Waals surface area (Å²) < 4.78 is 0. The Labute approximate surface area is 117 Å². The monoisotopic (exact) mass is 274 g/mol. The van der Waals surface area contributed by atoms with Crippen LogP contribution >= 0.6 is 0 Å². The lowest BCUT2D eigenvalue weighted by molar-refractivity contribution is 0.00852. The normalized spacial score (nSPS) is 32.3. The summed E-state index contributed by atoms with van der Waals surface area (Å²) in [5.74, 6) is 0.230. The molecule has 1 aliphatic carbocycles. The molecule has 6 nitrogen and oxygen atoms in total. The van der Waals surface area contributed by atoms with Crippen LogP contribution in [0.2, 0.25) is 0 Å². The highest BCUT2D eigenvalue weighted by molar-refractivity contribution is 5.88. The van der Waals surface area contributed by atoms with E-state index in [9.17, 15) is 9.90 Å². The molecule has 4 fully saturated rings. The molecule has 6 heteroatoms. The highest BCUT2D eigenvalue weighted by Crippen LogP contribution is 2.41. The summed E-state index contributed by atoms with van der Waals surface area (Å²) in [5, 5.41) is 9.25. The number of aromatic nitrogens is 2. The number of nitrogens with zero attached hydrogens (tertiary/aromatic N) is 4. The van der Waals surface area contributed by atoms with Crippen LogP contribution in [0.4, 0.5) is 0 Å². The van der Waals surface area contributed by atoms with E-state index >= 15 is 0 Å². The van der Waals surface area contributed by atoms with Gasteiger partial charge in [-0.05, 0) is 12.8 Å². The van der Waals surface area contributed by atoms with Gasteiger partial charge < -0.3 is 5.11 Å². The quantitative estimate of drug-likeness (QED) is 0.876. The minimum Gasteiger partial charge on any atom is -0.478 e. The Hall–Kier alpha value is -1.53. The first-order valence-corrected chi connectivity index (χ1v) is 7.29. The van der Waals surface area contributed by atoms with Crippen LogP contribution in [0.3, 0.4) is 0 Å². The van der Waals surface area contributed by atoms with Crippen molar-refractivity contribution in [1.82, 2.24) is 19.8 Å². The Morgan fingerprint density at radius 1 is 1.25 bits per heavy atom. The van der Waals surface area contributed by atoms with Crippen molar-refractivity contribution in [1.29, 1.82) is 0 Å². The summed E-state index contributed by atoms with van der Waals surface area (Å²) in [7, 11) is 0. The van der Waals surface area contributed by atoms with Crippen LogP contribution in [-0.2, 0) is 0 Å². The van der Waals surface area contributed by atoms with Crippen LogP contribution in [0.15, 0.2) is 6.20 Å². The van der Waals surface area contributed by atoms with E-state index in [1.54, 1.807) is 0 Å². The Bertz CT molecular complexity index is 550. The lowest BCUT2D eigenvalue weighted by Crippen LogP contribution is -2.57. The maximum atomic E-state index is 11.3. The summed E-state index contributed by atoms with van der Waals surface area (Å²) in [4.78, 5) is 25.1. The molecule has 20 heavy (non-hydrogen) atoms. The number of carboxylic acid groups (broad SMARTS) is 1. The third-order valence-electron chi connectivity index (χ3n) is 4.61. The highest BCUT2D eigenvalue weighted by Gasteiger charge is 2.36. The predicted octanol–water partition coefficient (Wildman–Crippen LogP) is 0.725. The Morgan fingerprint density at radius 2 is 2.00 bits per heavy atom. The third kappa shape index (κ3) is 1.99. The first kappa shape index (κ1) is 12.2. The highest BCUT2D eigenvalue weighted by atomic mass is 16.4. The Kier molecular flexibility index (Phi) is 2.75. The van der Waals surface area contributed by atoms with E-state index in [4.69, 9.17) is 0 Å². The fourth-order valence-corrected chi connectivity index (χ4v) is 3.27. The van der Waals surface area contributed by atoms with Crippen molar-refractivity contribution in [2.45, 2.75) is 24.8 Å². The maximum Gasteiger partial charge on any atom is 0.339 e. The molecule has 1 aromatic rings. The standard InChI is InChI=1S/C14H18N4O2/c19-14(20)10-7-15-13(16-12(10)9-1-2-9)11-8-17-3-5-18(11)6-4-17/h7,9,11H,1-6,8H2,(H,19,20). The van der Waals surface area contributed by atoms with E-state index < -0.39 is 5.97 Å². The number of aromatic carboxylic acids is 1. The Balaban J connectivity index is 1.68. The largest absolute Gasteiger partial charge is 0.478 e. The smallest absolute Gasteiger partial charge is 0.339 e. The molecule has 1 unspecified atom stereocenters. The summed E-state index contributed by atoms with van der Waals surface area (Å²) in [5.41, 5.74) is 1.03. The van der Waals surface area contributed by atoms with Crippen LogP contribution in [0.5, 0.6) is 0 Å². The zero-order valence-electron chi connectivity index (χ0n) is 11.3.